The van der Waals surface area contributed by atoms with Crippen molar-refractivity contribution in [2.45, 2.75) is 45.2 Å². The monoisotopic (exact) mass is 161 g/mol. The zero-order valence-corrected chi connectivity index (χ0v) is 8.22. The molecule has 1 aliphatic heterocycles. The van der Waals surface area contributed by atoms with E-state index in [0.717, 1.165) is 0 Å². The Balaban J connectivity index is 2.45. The van der Waals surface area contributed by atoms with Gasteiger partial charge in [-0.3, -0.25) is 4.57 Å². The van der Waals surface area contributed by atoms with Gasteiger partial charge in [-0.05, 0) is 12.8 Å². The van der Waals surface area contributed by atoms with Crippen LogP contribution in [0.3, 0.4) is 0 Å². The fourth-order valence-electron chi connectivity index (χ4n) is 1.71. The second kappa shape index (κ2) is 3.48. The zero-order chi connectivity index (χ0) is 7.56. The van der Waals surface area contributed by atoms with Crippen LogP contribution in [0.1, 0.15) is 33.1 Å². The molecule has 60 valence electrons. The van der Waals surface area contributed by atoms with E-state index in [1.807, 2.05) is 0 Å². The van der Waals surface area contributed by atoms with Gasteiger partial charge in [-0.25, -0.2) is 0 Å². The Hall–Kier alpha value is 0.107. The average molecular weight is 161 g/mol. The summed E-state index contributed by atoms with van der Waals surface area (Å²) < 4.78 is 14.5. The van der Waals surface area contributed by atoms with Gasteiger partial charge < -0.3 is 4.11 Å². The molecule has 1 saturated heterocycles. The van der Waals surface area contributed by atoms with Crippen LogP contribution in [0.2, 0.25) is 0 Å². The SMILES string of the molecule is CC1CCCC(C)N1[SiH2]F. The molecule has 0 saturated carbocycles. The highest BCUT2D eigenvalue weighted by Gasteiger charge is 2.23. The smallest absolute Gasteiger partial charge is 0.292 e. The number of rotatable bonds is 1. The predicted molar refractivity (Wildman–Crippen MR) is 44.3 cm³/mol. The Morgan fingerprint density at radius 2 is 1.80 bits per heavy atom. The molecule has 0 bridgehead atoms. The van der Waals surface area contributed by atoms with Gasteiger partial charge in [0.1, 0.15) is 0 Å². The molecule has 0 aromatic rings. The maximum Gasteiger partial charge on any atom is 0.292 e. The summed E-state index contributed by atoms with van der Waals surface area (Å²) in [6.07, 6.45) is 3.68. The van der Waals surface area contributed by atoms with Crippen LogP contribution in [0, 0.1) is 0 Å². The van der Waals surface area contributed by atoms with Gasteiger partial charge in [0.2, 0.25) is 0 Å². The first-order valence-corrected chi connectivity index (χ1v) is 5.24. The summed E-state index contributed by atoms with van der Waals surface area (Å²) in [5, 5.41) is 0. The molecule has 0 aromatic carbocycles. The highest BCUT2D eigenvalue weighted by molar-refractivity contribution is 6.22. The first kappa shape index (κ1) is 8.21. The van der Waals surface area contributed by atoms with Crippen molar-refractivity contribution >= 4 is 10.0 Å². The molecular formula is C7H16FNSi. The molecule has 2 unspecified atom stereocenters. The summed E-state index contributed by atoms with van der Waals surface area (Å²) in [6, 6.07) is 1.03. The minimum absolute atomic E-state index is 0.514. The second-order valence-electron chi connectivity index (χ2n) is 3.26. The molecule has 0 N–H and O–H groups in total. The van der Waals surface area contributed by atoms with Crippen molar-refractivity contribution < 1.29 is 4.11 Å². The normalized spacial score (nSPS) is 37.5. The van der Waals surface area contributed by atoms with Crippen molar-refractivity contribution in [1.82, 2.24) is 4.57 Å². The van der Waals surface area contributed by atoms with E-state index in [9.17, 15) is 4.11 Å². The third-order valence-corrected chi connectivity index (χ3v) is 4.04. The van der Waals surface area contributed by atoms with E-state index in [1.165, 1.54) is 19.3 Å². The molecule has 1 nitrogen and oxygen atoms in total. The maximum atomic E-state index is 12.4. The Bertz CT molecular complexity index is 99.8. The van der Waals surface area contributed by atoms with E-state index in [0.29, 0.717) is 12.1 Å². The van der Waals surface area contributed by atoms with Gasteiger partial charge in [0.25, 0.3) is 10.0 Å². The third kappa shape index (κ3) is 1.58. The summed E-state index contributed by atoms with van der Waals surface area (Å²) in [7, 11) is -1.39. The first-order chi connectivity index (χ1) is 4.75. The second-order valence-corrected chi connectivity index (χ2v) is 4.23. The molecule has 1 fully saturated rings. The lowest BCUT2D eigenvalue weighted by Gasteiger charge is -2.36. The Kier molecular flexibility index (Phi) is 2.86. The Morgan fingerprint density at radius 1 is 1.30 bits per heavy atom. The first-order valence-electron chi connectivity index (χ1n) is 4.07. The van der Waals surface area contributed by atoms with Crippen LogP contribution in [-0.4, -0.2) is 26.7 Å². The fourth-order valence-corrected chi connectivity index (χ4v) is 2.55. The molecule has 0 aliphatic carbocycles. The lowest BCUT2D eigenvalue weighted by atomic mass is 10.0. The standard InChI is InChI=1S/C7H16FNSi/c1-6-4-3-5-7(2)9(6)10-8/h6-7H,3-5,10H2,1-2H3. The number of piperidine rings is 1. The minimum Gasteiger partial charge on any atom is -0.302 e. The van der Waals surface area contributed by atoms with Crippen LogP contribution in [0.4, 0.5) is 4.11 Å². The molecular weight excluding hydrogens is 145 g/mol. The van der Waals surface area contributed by atoms with Crippen LogP contribution in [-0.2, 0) is 0 Å². The highest BCUT2D eigenvalue weighted by Crippen LogP contribution is 2.20. The maximum absolute atomic E-state index is 12.4. The van der Waals surface area contributed by atoms with Crippen LogP contribution < -0.4 is 0 Å². The summed E-state index contributed by atoms with van der Waals surface area (Å²) in [5.74, 6) is 0. The van der Waals surface area contributed by atoms with Gasteiger partial charge in [0, 0.05) is 12.1 Å². The van der Waals surface area contributed by atoms with Crippen LogP contribution >= 0.6 is 0 Å². The lowest BCUT2D eigenvalue weighted by molar-refractivity contribution is 0.197. The van der Waals surface area contributed by atoms with Gasteiger partial charge in [-0.15, -0.1) is 0 Å². The molecule has 0 radical (unpaired) electrons. The van der Waals surface area contributed by atoms with Gasteiger partial charge in [-0.2, -0.15) is 0 Å². The van der Waals surface area contributed by atoms with E-state index in [1.54, 1.807) is 0 Å². The largest absolute Gasteiger partial charge is 0.302 e. The van der Waals surface area contributed by atoms with Crippen molar-refractivity contribution in [2.75, 3.05) is 0 Å². The van der Waals surface area contributed by atoms with Crippen molar-refractivity contribution in [2.24, 2.45) is 0 Å². The third-order valence-electron chi connectivity index (χ3n) is 2.51. The Morgan fingerprint density at radius 3 is 2.10 bits per heavy atom. The van der Waals surface area contributed by atoms with Crippen LogP contribution in [0.5, 0.6) is 0 Å². The number of hydrogen-bond acceptors (Lipinski definition) is 1. The molecule has 1 rings (SSSR count). The van der Waals surface area contributed by atoms with E-state index >= 15 is 0 Å². The quantitative estimate of drug-likeness (QED) is 0.413. The van der Waals surface area contributed by atoms with E-state index in [2.05, 4.69) is 18.4 Å². The molecule has 0 amide bonds. The van der Waals surface area contributed by atoms with E-state index in [4.69, 9.17) is 0 Å². The molecule has 0 aromatic heterocycles. The minimum atomic E-state index is -1.39. The zero-order valence-electron chi connectivity index (χ0n) is 6.81. The summed E-state index contributed by atoms with van der Waals surface area (Å²) >= 11 is 0. The van der Waals surface area contributed by atoms with Crippen molar-refractivity contribution in [3.63, 3.8) is 0 Å². The van der Waals surface area contributed by atoms with Crippen molar-refractivity contribution in [3.05, 3.63) is 0 Å². The van der Waals surface area contributed by atoms with Crippen LogP contribution in [0.25, 0.3) is 0 Å². The van der Waals surface area contributed by atoms with Gasteiger partial charge in [0.05, 0.1) is 0 Å². The van der Waals surface area contributed by atoms with Crippen molar-refractivity contribution in [3.8, 4) is 0 Å². The molecule has 3 heteroatoms. The number of nitrogens with zero attached hydrogens (tertiary/aromatic N) is 1. The topological polar surface area (TPSA) is 3.24 Å². The summed E-state index contributed by atoms with van der Waals surface area (Å²) in [6.45, 7) is 4.28. The molecule has 1 heterocycles. The average Bonchev–Trinajstić information content (AvgIpc) is 1.88. The van der Waals surface area contributed by atoms with E-state index in [-0.39, 0.29) is 0 Å². The molecule has 2 atom stereocenters. The van der Waals surface area contributed by atoms with Gasteiger partial charge >= 0.3 is 0 Å². The summed E-state index contributed by atoms with van der Waals surface area (Å²) in [4.78, 5) is 0. The number of halogens is 1. The van der Waals surface area contributed by atoms with Gasteiger partial charge in [0.15, 0.2) is 0 Å². The molecule has 1 aliphatic rings. The van der Waals surface area contributed by atoms with Crippen molar-refractivity contribution in [1.29, 1.82) is 0 Å². The lowest BCUT2D eigenvalue weighted by Crippen LogP contribution is -2.44. The molecule has 10 heavy (non-hydrogen) atoms. The number of hydrogen-bond donors (Lipinski definition) is 0. The highest BCUT2D eigenvalue weighted by atomic mass is 28.3. The van der Waals surface area contributed by atoms with E-state index < -0.39 is 10.0 Å². The Labute approximate surface area is 64.7 Å². The fraction of sp³-hybridized carbons (Fsp3) is 1.00. The molecule has 0 spiro atoms. The predicted octanol–water partition coefficient (Wildman–Crippen LogP) is 1.22. The van der Waals surface area contributed by atoms with Crippen LogP contribution in [0.15, 0.2) is 0 Å². The van der Waals surface area contributed by atoms with Gasteiger partial charge in [-0.1, -0.05) is 20.3 Å². The summed E-state index contributed by atoms with van der Waals surface area (Å²) in [5.41, 5.74) is 0.